The SMILES string of the molecule is CCc1nn(C)c(CC2(N)CCOC2C)c1Cl. The van der Waals surface area contributed by atoms with Crippen molar-refractivity contribution in [3.05, 3.63) is 16.4 Å². The quantitative estimate of drug-likeness (QED) is 0.897. The van der Waals surface area contributed by atoms with Gasteiger partial charge in [-0.1, -0.05) is 18.5 Å². The Labute approximate surface area is 107 Å². The highest BCUT2D eigenvalue weighted by atomic mass is 35.5. The molecule has 2 heterocycles. The fourth-order valence-corrected chi connectivity index (χ4v) is 2.71. The Kier molecular flexibility index (Phi) is 3.48. The molecule has 1 aromatic heterocycles. The van der Waals surface area contributed by atoms with Gasteiger partial charge in [0.1, 0.15) is 0 Å². The largest absolute Gasteiger partial charge is 0.377 e. The highest BCUT2D eigenvalue weighted by Gasteiger charge is 2.39. The summed E-state index contributed by atoms with van der Waals surface area (Å²) in [5, 5.41) is 5.18. The van der Waals surface area contributed by atoms with Crippen LogP contribution in [0.2, 0.25) is 5.02 Å². The molecule has 4 nitrogen and oxygen atoms in total. The summed E-state index contributed by atoms with van der Waals surface area (Å²) in [6.45, 7) is 4.81. The van der Waals surface area contributed by atoms with Crippen molar-refractivity contribution in [3.63, 3.8) is 0 Å². The molecule has 17 heavy (non-hydrogen) atoms. The second-order valence-electron chi connectivity index (χ2n) is 4.86. The van der Waals surface area contributed by atoms with Crippen molar-refractivity contribution >= 4 is 11.6 Å². The zero-order valence-corrected chi connectivity index (χ0v) is 11.4. The molecule has 1 aliphatic rings. The second kappa shape index (κ2) is 4.59. The first-order valence-corrected chi connectivity index (χ1v) is 6.46. The molecule has 0 amide bonds. The Hall–Kier alpha value is -0.580. The van der Waals surface area contributed by atoms with Crippen LogP contribution in [0.1, 0.15) is 31.7 Å². The zero-order valence-electron chi connectivity index (χ0n) is 10.7. The standard InChI is InChI=1S/C12H20ClN3O/c1-4-9-11(13)10(16(3)15-9)7-12(14)5-6-17-8(12)2/h8H,4-7,14H2,1-3H3. The van der Waals surface area contributed by atoms with Crippen molar-refractivity contribution in [2.75, 3.05) is 6.61 Å². The summed E-state index contributed by atoms with van der Waals surface area (Å²) >= 11 is 6.34. The molecule has 1 aliphatic heterocycles. The second-order valence-corrected chi connectivity index (χ2v) is 5.24. The summed E-state index contributed by atoms with van der Waals surface area (Å²) in [6.07, 6.45) is 2.50. The third-order valence-electron chi connectivity index (χ3n) is 3.74. The first-order chi connectivity index (χ1) is 7.98. The van der Waals surface area contributed by atoms with Crippen molar-refractivity contribution < 1.29 is 4.74 Å². The summed E-state index contributed by atoms with van der Waals surface area (Å²) < 4.78 is 7.40. The van der Waals surface area contributed by atoms with Gasteiger partial charge in [0.25, 0.3) is 0 Å². The van der Waals surface area contributed by atoms with Gasteiger partial charge >= 0.3 is 0 Å². The smallest absolute Gasteiger partial charge is 0.0850 e. The van der Waals surface area contributed by atoms with E-state index in [0.717, 1.165) is 42.3 Å². The lowest BCUT2D eigenvalue weighted by Crippen LogP contribution is -2.48. The van der Waals surface area contributed by atoms with Crippen LogP contribution in [-0.2, 0) is 24.6 Å². The van der Waals surface area contributed by atoms with Crippen LogP contribution < -0.4 is 5.73 Å². The number of ether oxygens (including phenoxy) is 1. The van der Waals surface area contributed by atoms with Crippen molar-refractivity contribution in [1.82, 2.24) is 9.78 Å². The molecule has 2 atom stereocenters. The lowest BCUT2D eigenvalue weighted by Gasteiger charge is -2.27. The molecule has 1 aromatic rings. The van der Waals surface area contributed by atoms with E-state index in [0.29, 0.717) is 0 Å². The fourth-order valence-electron chi connectivity index (χ4n) is 2.35. The van der Waals surface area contributed by atoms with Crippen LogP contribution in [0.25, 0.3) is 0 Å². The van der Waals surface area contributed by atoms with Gasteiger partial charge in [0.15, 0.2) is 0 Å². The number of aryl methyl sites for hydroxylation is 2. The van der Waals surface area contributed by atoms with E-state index in [2.05, 4.69) is 12.0 Å². The Morgan fingerprint density at radius 3 is 2.82 bits per heavy atom. The highest BCUT2D eigenvalue weighted by molar-refractivity contribution is 6.31. The first kappa shape index (κ1) is 12.9. The minimum atomic E-state index is -0.317. The third-order valence-corrected chi connectivity index (χ3v) is 4.18. The zero-order chi connectivity index (χ0) is 12.6. The predicted octanol–water partition coefficient (Wildman–Crippen LogP) is 1.68. The lowest BCUT2D eigenvalue weighted by molar-refractivity contribution is 0.0950. The predicted molar refractivity (Wildman–Crippen MR) is 68.2 cm³/mol. The molecule has 5 heteroatoms. The number of rotatable bonds is 3. The van der Waals surface area contributed by atoms with Gasteiger partial charge < -0.3 is 10.5 Å². The number of hydrogen-bond donors (Lipinski definition) is 1. The molecule has 2 rings (SSSR count). The molecular formula is C12H20ClN3O. The molecule has 2 N–H and O–H groups in total. The third kappa shape index (κ3) is 2.21. The van der Waals surface area contributed by atoms with E-state index in [1.165, 1.54) is 0 Å². The van der Waals surface area contributed by atoms with Crippen molar-refractivity contribution in [3.8, 4) is 0 Å². The van der Waals surface area contributed by atoms with Crippen LogP contribution in [0.4, 0.5) is 0 Å². The average Bonchev–Trinajstić information content (AvgIpc) is 2.74. The number of aromatic nitrogens is 2. The van der Waals surface area contributed by atoms with Gasteiger partial charge in [-0.05, 0) is 19.8 Å². The van der Waals surface area contributed by atoms with Gasteiger partial charge in [-0.3, -0.25) is 4.68 Å². The summed E-state index contributed by atoms with van der Waals surface area (Å²) in [7, 11) is 1.92. The highest BCUT2D eigenvalue weighted by Crippen LogP contribution is 2.31. The summed E-state index contributed by atoms with van der Waals surface area (Å²) in [4.78, 5) is 0. The molecule has 1 fully saturated rings. The molecule has 0 radical (unpaired) electrons. The van der Waals surface area contributed by atoms with Gasteiger partial charge in [0, 0.05) is 25.6 Å². The minimum absolute atomic E-state index is 0.0681. The van der Waals surface area contributed by atoms with Crippen molar-refractivity contribution in [1.29, 1.82) is 0 Å². The van der Waals surface area contributed by atoms with Gasteiger partial charge in [0.05, 0.1) is 22.5 Å². The van der Waals surface area contributed by atoms with Crippen LogP contribution in [0.3, 0.4) is 0 Å². The molecule has 96 valence electrons. The Morgan fingerprint density at radius 2 is 2.35 bits per heavy atom. The van der Waals surface area contributed by atoms with E-state index in [9.17, 15) is 0 Å². The maximum Gasteiger partial charge on any atom is 0.0850 e. The molecule has 0 aromatic carbocycles. The molecule has 0 spiro atoms. The minimum Gasteiger partial charge on any atom is -0.377 e. The van der Waals surface area contributed by atoms with Crippen LogP contribution in [0.5, 0.6) is 0 Å². The summed E-state index contributed by atoms with van der Waals surface area (Å²) in [6, 6.07) is 0. The maximum atomic E-state index is 6.40. The number of halogens is 1. The van der Waals surface area contributed by atoms with E-state index in [1.807, 2.05) is 18.7 Å². The van der Waals surface area contributed by atoms with E-state index in [1.54, 1.807) is 0 Å². The molecule has 0 aliphatic carbocycles. The summed E-state index contributed by atoms with van der Waals surface area (Å²) in [5.74, 6) is 0. The number of nitrogens with zero attached hydrogens (tertiary/aromatic N) is 2. The molecule has 0 saturated carbocycles. The number of hydrogen-bond acceptors (Lipinski definition) is 3. The molecule has 1 saturated heterocycles. The van der Waals surface area contributed by atoms with Crippen LogP contribution in [-0.4, -0.2) is 28.0 Å². The van der Waals surface area contributed by atoms with Crippen LogP contribution >= 0.6 is 11.6 Å². The monoisotopic (exact) mass is 257 g/mol. The van der Waals surface area contributed by atoms with E-state index in [-0.39, 0.29) is 11.6 Å². The van der Waals surface area contributed by atoms with Gasteiger partial charge in [-0.2, -0.15) is 5.10 Å². The molecular weight excluding hydrogens is 238 g/mol. The maximum absolute atomic E-state index is 6.40. The fraction of sp³-hybridized carbons (Fsp3) is 0.750. The van der Waals surface area contributed by atoms with Gasteiger partial charge in [-0.15, -0.1) is 0 Å². The summed E-state index contributed by atoms with van der Waals surface area (Å²) in [5.41, 5.74) is 8.04. The number of nitrogens with two attached hydrogens (primary N) is 1. The average molecular weight is 258 g/mol. The van der Waals surface area contributed by atoms with Crippen LogP contribution in [0.15, 0.2) is 0 Å². The first-order valence-electron chi connectivity index (χ1n) is 6.08. The topological polar surface area (TPSA) is 53.1 Å². The van der Waals surface area contributed by atoms with Gasteiger partial charge in [-0.25, -0.2) is 0 Å². The molecule has 0 bridgehead atoms. The van der Waals surface area contributed by atoms with E-state index < -0.39 is 0 Å². The lowest BCUT2D eigenvalue weighted by atomic mass is 9.88. The molecule has 2 unspecified atom stereocenters. The Bertz CT molecular complexity index is 418. The van der Waals surface area contributed by atoms with Crippen LogP contribution in [0, 0.1) is 0 Å². The Morgan fingerprint density at radius 1 is 1.65 bits per heavy atom. The van der Waals surface area contributed by atoms with E-state index in [4.69, 9.17) is 22.1 Å². The van der Waals surface area contributed by atoms with Crippen molar-refractivity contribution in [2.45, 2.75) is 44.8 Å². The normalized spacial score (nSPS) is 28.9. The van der Waals surface area contributed by atoms with E-state index >= 15 is 0 Å². The van der Waals surface area contributed by atoms with Crippen molar-refractivity contribution in [2.24, 2.45) is 12.8 Å². The Balaban J connectivity index is 2.27. The van der Waals surface area contributed by atoms with Gasteiger partial charge in [0.2, 0.25) is 0 Å².